The van der Waals surface area contributed by atoms with Crippen molar-refractivity contribution in [2.45, 2.75) is 18.5 Å². The molecule has 5 nitrogen and oxygen atoms in total. The number of carbonyl (C=O) groups excluding carboxylic acids is 2. The van der Waals surface area contributed by atoms with Crippen LogP contribution in [-0.4, -0.2) is 30.6 Å². The van der Waals surface area contributed by atoms with Crippen molar-refractivity contribution in [3.8, 4) is 6.07 Å². The Morgan fingerprint density at radius 3 is 2.42 bits per heavy atom. The third kappa shape index (κ3) is 4.55. The highest BCUT2D eigenvalue weighted by Crippen LogP contribution is 2.36. The Bertz CT molecular complexity index is 685. The van der Waals surface area contributed by atoms with Gasteiger partial charge in [0.05, 0.1) is 23.7 Å². The number of benzene rings is 1. The average molecular weight is 371 g/mol. The maximum Gasteiger partial charge on any atom is 0.465 e. The second-order valence-corrected chi connectivity index (χ2v) is 4.71. The van der Waals surface area contributed by atoms with Gasteiger partial charge in [0.1, 0.15) is 0 Å². The third-order valence-electron chi connectivity index (χ3n) is 2.55. The number of nitrogens with zero attached hydrogens (tertiary/aromatic N) is 1. The van der Waals surface area contributed by atoms with Gasteiger partial charge in [-0.15, -0.1) is 0 Å². The molecule has 0 aromatic heterocycles. The van der Waals surface area contributed by atoms with Crippen molar-refractivity contribution >= 4 is 29.2 Å². The van der Waals surface area contributed by atoms with Crippen LogP contribution in [0.2, 0.25) is 5.02 Å². The van der Waals surface area contributed by atoms with Crippen molar-refractivity contribution in [2.24, 2.45) is 0 Å². The predicted molar refractivity (Wildman–Crippen MR) is 71.6 cm³/mol. The fraction of sp³-hybridized carbons (Fsp3) is 0.308. The van der Waals surface area contributed by atoms with E-state index in [1.165, 1.54) is 0 Å². The number of ether oxygens (including phenoxy) is 1. The quantitative estimate of drug-likeness (QED) is 0.371. The first-order valence-electron chi connectivity index (χ1n) is 6.12. The van der Waals surface area contributed by atoms with Crippen LogP contribution in [0.4, 0.5) is 27.6 Å². The molecule has 0 amide bonds. The molecule has 0 spiro atoms. The van der Waals surface area contributed by atoms with Gasteiger partial charge >= 0.3 is 24.0 Å². The van der Waals surface area contributed by atoms with Crippen LogP contribution in [-0.2, 0) is 9.53 Å². The molecule has 0 atom stereocenters. The highest BCUT2D eigenvalue weighted by Gasteiger charge is 2.65. The smallest absolute Gasteiger partial charge is 0.385 e. The topological polar surface area (TPSA) is 79.2 Å². The van der Waals surface area contributed by atoms with Crippen LogP contribution >= 0.6 is 11.6 Å². The van der Waals surface area contributed by atoms with Crippen LogP contribution in [0.5, 0.6) is 0 Å². The zero-order chi connectivity index (χ0) is 18.5. The molecular formula is C13H8ClF5N2O3. The summed E-state index contributed by atoms with van der Waals surface area (Å²) in [6.07, 6.45) is -6.19. The van der Waals surface area contributed by atoms with Crippen LogP contribution in [0.15, 0.2) is 18.2 Å². The second-order valence-electron chi connectivity index (χ2n) is 4.27. The Hall–Kier alpha value is -2.41. The van der Waals surface area contributed by atoms with Crippen LogP contribution in [0.3, 0.4) is 0 Å². The Labute approximate surface area is 136 Å². The van der Waals surface area contributed by atoms with E-state index in [0.29, 0.717) is 0 Å². The molecule has 0 aliphatic heterocycles. The number of alkyl halides is 5. The molecular weight excluding hydrogens is 363 g/mol. The summed E-state index contributed by atoms with van der Waals surface area (Å²) in [7, 11) is 0. The largest absolute Gasteiger partial charge is 0.465 e. The van der Waals surface area contributed by atoms with Gasteiger partial charge in [0.2, 0.25) is 0 Å². The fourth-order valence-corrected chi connectivity index (χ4v) is 1.58. The number of esters is 2. The zero-order valence-electron chi connectivity index (χ0n) is 11.6. The summed E-state index contributed by atoms with van der Waals surface area (Å²) in [6, 6.07) is 5.04. The Balaban J connectivity index is 3.00. The van der Waals surface area contributed by atoms with Crippen molar-refractivity contribution in [1.29, 1.82) is 5.26 Å². The fourth-order valence-electron chi connectivity index (χ4n) is 1.41. The number of nitriles is 1. The number of nitrogens with one attached hydrogen (secondary N) is 1. The van der Waals surface area contributed by atoms with Gasteiger partial charge in [0.25, 0.3) is 0 Å². The molecule has 0 radical (unpaired) electrons. The summed E-state index contributed by atoms with van der Waals surface area (Å²) in [4.78, 5) is 22.6. The molecule has 0 bridgehead atoms. The Kier molecular flexibility index (Phi) is 6.09. The van der Waals surface area contributed by atoms with E-state index < -0.39 is 29.6 Å². The molecule has 0 saturated carbocycles. The predicted octanol–water partition coefficient (Wildman–Crippen LogP) is 3.55. The van der Waals surface area contributed by atoms with Gasteiger partial charge in [-0.25, -0.2) is 9.59 Å². The van der Waals surface area contributed by atoms with Gasteiger partial charge in [0.15, 0.2) is 0 Å². The summed E-state index contributed by atoms with van der Waals surface area (Å²) < 4.78 is 65.4. The third-order valence-corrected chi connectivity index (χ3v) is 2.79. The first kappa shape index (κ1) is 19.6. The lowest BCUT2D eigenvalue weighted by molar-refractivity contribution is -0.277. The summed E-state index contributed by atoms with van der Waals surface area (Å²) in [5.74, 6) is -10.6. The molecule has 1 aromatic rings. The number of hydrogen-bond acceptors (Lipinski definition) is 5. The van der Waals surface area contributed by atoms with E-state index in [1.54, 1.807) is 6.07 Å². The molecule has 0 heterocycles. The minimum Gasteiger partial charge on any atom is -0.385 e. The van der Waals surface area contributed by atoms with E-state index in [-0.39, 0.29) is 23.7 Å². The van der Waals surface area contributed by atoms with Gasteiger partial charge in [-0.05, 0) is 18.2 Å². The van der Waals surface area contributed by atoms with E-state index in [4.69, 9.17) is 16.9 Å². The Morgan fingerprint density at radius 2 is 1.88 bits per heavy atom. The molecule has 130 valence electrons. The van der Waals surface area contributed by atoms with E-state index in [0.717, 1.165) is 18.2 Å². The van der Waals surface area contributed by atoms with E-state index in [1.807, 2.05) is 0 Å². The van der Waals surface area contributed by atoms with Crippen LogP contribution in [0, 0.1) is 11.3 Å². The summed E-state index contributed by atoms with van der Waals surface area (Å²) >= 11 is 5.68. The molecule has 1 rings (SSSR count). The molecule has 0 fully saturated rings. The van der Waals surface area contributed by atoms with Crippen molar-refractivity contribution in [3.63, 3.8) is 0 Å². The van der Waals surface area contributed by atoms with Gasteiger partial charge < -0.3 is 10.1 Å². The molecule has 0 saturated heterocycles. The van der Waals surface area contributed by atoms with Crippen molar-refractivity contribution in [3.05, 3.63) is 28.8 Å². The maximum atomic E-state index is 12.8. The number of hydrogen-bond donors (Lipinski definition) is 1. The molecule has 11 heteroatoms. The molecule has 1 N–H and O–H groups in total. The number of carbonyl (C=O) groups is 2. The normalized spacial score (nSPS) is 11.5. The summed E-state index contributed by atoms with van der Waals surface area (Å²) in [5, 5.41) is 11.1. The lowest BCUT2D eigenvalue weighted by atomic mass is 10.1. The van der Waals surface area contributed by atoms with Gasteiger partial charge in [-0.1, -0.05) is 11.6 Å². The molecule has 24 heavy (non-hydrogen) atoms. The monoisotopic (exact) mass is 370 g/mol. The first-order chi connectivity index (χ1) is 11.0. The lowest BCUT2D eigenvalue weighted by Gasteiger charge is -2.17. The van der Waals surface area contributed by atoms with E-state index in [9.17, 15) is 31.5 Å². The van der Waals surface area contributed by atoms with Crippen molar-refractivity contribution < 1.29 is 36.3 Å². The lowest BCUT2D eigenvalue weighted by Crippen LogP contribution is -2.45. The maximum absolute atomic E-state index is 12.8. The molecule has 0 aliphatic rings. The molecule has 1 aromatic carbocycles. The first-order valence-corrected chi connectivity index (χ1v) is 6.50. The minimum absolute atomic E-state index is 0.00603. The molecule has 0 aliphatic carbocycles. The van der Waals surface area contributed by atoms with Crippen LogP contribution < -0.4 is 5.32 Å². The highest BCUT2D eigenvalue weighted by molar-refractivity contribution is 6.31. The molecule has 0 unspecified atom stereocenters. The summed E-state index contributed by atoms with van der Waals surface area (Å²) in [6.45, 7) is 0.0315. The average Bonchev–Trinajstić information content (AvgIpc) is 2.46. The van der Waals surface area contributed by atoms with Gasteiger partial charge in [0, 0.05) is 11.6 Å². The second kappa shape index (κ2) is 7.44. The zero-order valence-corrected chi connectivity index (χ0v) is 12.3. The van der Waals surface area contributed by atoms with Crippen molar-refractivity contribution in [2.75, 3.05) is 11.9 Å². The standard InChI is InChI=1S/C13H8ClF5N2O3/c14-7-2-3-8(9(6-7)21-5-1-4-20)10(22)24-11(23)12(15,16)13(17,18)19/h2-3,6,21H,1,5H2. The minimum atomic E-state index is -6.20. The van der Waals surface area contributed by atoms with E-state index >= 15 is 0 Å². The Morgan fingerprint density at radius 1 is 1.25 bits per heavy atom. The van der Waals surface area contributed by atoms with Gasteiger partial charge in [-0.2, -0.15) is 27.2 Å². The highest BCUT2D eigenvalue weighted by atomic mass is 35.5. The van der Waals surface area contributed by atoms with Crippen LogP contribution in [0.1, 0.15) is 16.8 Å². The van der Waals surface area contributed by atoms with Crippen LogP contribution in [0.25, 0.3) is 0 Å². The number of anilines is 1. The van der Waals surface area contributed by atoms with Gasteiger partial charge in [-0.3, -0.25) is 0 Å². The summed E-state index contributed by atoms with van der Waals surface area (Å²) in [5.41, 5.74) is -0.588. The SMILES string of the molecule is N#CCCNc1cc(Cl)ccc1C(=O)OC(=O)C(F)(F)C(F)(F)F. The number of halogens is 6. The van der Waals surface area contributed by atoms with Crippen molar-refractivity contribution in [1.82, 2.24) is 0 Å². The van der Waals surface area contributed by atoms with E-state index in [2.05, 4.69) is 10.1 Å². The number of rotatable bonds is 5.